The van der Waals surface area contributed by atoms with E-state index < -0.39 is 23.1 Å². The normalized spacial score (nSPS) is 10.1. The van der Waals surface area contributed by atoms with Crippen LogP contribution in [0, 0.1) is 0 Å². The molecule has 0 aliphatic heterocycles. The average Bonchev–Trinajstić information content (AvgIpc) is 2.88. The second kappa shape index (κ2) is 12.6. The Kier molecular flexibility index (Phi) is 9.57. The second-order valence-electron chi connectivity index (χ2n) is 7.24. The molecule has 0 aliphatic carbocycles. The van der Waals surface area contributed by atoms with Gasteiger partial charge in [0.25, 0.3) is 0 Å². The maximum Gasteiger partial charge on any atom is 0.235 e. The van der Waals surface area contributed by atoms with Crippen molar-refractivity contribution in [1.29, 1.82) is 0 Å². The fourth-order valence-electron chi connectivity index (χ4n) is 3.07. The molecule has 0 aliphatic rings. The number of carbonyl (C=O) groups is 4. The largest absolute Gasteiger partial charge is 0.285 e. The lowest BCUT2D eigenvalue weighted by molar-refractivity contribution is 0.0817. The third kappa shape index (κ3) is 6.48. The van der Waals surface area contributed by atoms with E-state index in [0.29, 0.717) is 0 Å². The lowest BCUT2D eigenvalue weighted by Crippen LogP contribution is -2.15. The predicted molar refractivity (Wildman–Crippen MR) is 143 cm³/mol. The van der Waals surface area contributed by atoms with Crippen LogP contribution in [0.4, 0.5) is 0 Å². The summed E-state index contributed by atoms with van der Waals surface area (Å²) in [5, 5.41) is 1.01. The van der Waals surface area contributed by atoms with Crippen LogP contribution in [0.25, 0.3) is 0 Å². The maximum atomic E-state index is 12.0. The van der Waals surface area contributed by atoms with Gasteiger partial charge in [-0.3, -0.25) is 19.2 Å². The highest BCUT2D eigenvalue weighted by Crippen LogP contribution is 2.22. The predicted octanol–water partition coefficient (Wildman–Crippen LogP) is 8.12. The molecular weight excluding hydrogens is 542 g/mol. The van der Waals surface area contributed by atoms with E-state index >= 15 is 0 Å². The number of carbonyl (C=O) groups excluding carboxylic acids is 4. The van der Waals surface area contributed by atoms with Crippen molar-refractivity contribution in [3.8, 4) is 0 Å². The van der Waals surface area contributed by atoms with Gasteiger partial charge in [0.15, 0.2) is 0 Å². The van der Waals surface area contributed by atoms with E-state index in [0.717, 1.165) is 0 Å². The van der Waals surface area contributed by atoms with E-state index in [1.165, 1.54) is 24.3 Å². The summed E-state index contributed by atoms with van der Waals surface area (Å²) in [7, 11) is 0. The summed E-state index contributed by atoms with van der Waals surface area (Å²) < 4.78 is 0. The van der Waals surface area contributed by atoms with Crippen LogP contribution in [-0.2, 0) is 0 Å². The van der Waals surface area contributed by atoms with Crippen molar-refractivity contribution < 1.29 is 19.2 Å². The van der Waals surface area contributed by atoms with Crippen molar-refractivity contribution in [2.75, 3.05) is 0 Å². The molecule has 0 spiro atoms. The fourth-order valence-corrected chi connectivity index (χ4v) is 3.96. The highest BCUT2D eigenvalue weighted by molar-refractivity contribution is 6.54. The first-order valence-corrected chi connectivity index (χ1v) is 11.9. The minimum absolute atomic E-state index is 0.184. The molecular formula is C28H16Cl4O4. The Bertz CT molecular complexity index is 1240. The van der Waals surface area contributed by atoms with Crippen molar-refractivity contribution in [2.45, 2.75) is 0 Å². The fraction of sp³-hybridized carbons (Fsp3) is 0. The molecule has 0 amide bonds. The number of hydrogen-bond donors (Lipinski definition) is 0. The molecule has 0 saturated heterocycles. The van der Waals surface area contributed by atoms with E-state index in [9.17, 15) is 19.2 Å². The van der Waals surface area contributed by atoms with Crippen LogP contribution < -0.4 is 0 Å². The van der Waals surface area contributed by atoms with Gasteiger partial charge < -0.3 is 0 Å². The van der Waals surface area contributed by atoms with E-state index in [1.54, 1.807) is 72.8 Å². The van der Waals surface area contributed by atoms with Crippen molar-refractivity contribution in [3.63, 3.8) is 0 Å². The zero-order valence-electron chi connectivity index (χ0n) is 18.4. The number of halogens is 4. The minimum atomic E-state index is -0.659. The Morgan fingerprint density at radius 2 is 0.500 bits per heavy atom. The summed E-state index contributed by atoms with van der Waals surface area (Å²) in [6.07, 6.45) is 0. The van der Waals surface area contributed by atoms with E-state index in [4.69, 9.17) is 46.4 Å². The van der Waals surface area contributed by atoms with E-state index in [-0.39, 0.29) is 42.3 Å². The zero-order chi connectivity index (χ0) is 26.2. The monoisotopic (exact) mass is 556 g/mol. The molecule has 4 aromatic rings. The Balaban J connectivity index is 0.000000201. The molecule has 0 aromatic heterocycles. The molecule has 0 radical (unpaired) electrons. The van der Waals surface area contributed by atoms with Gasteiger partial charge in [-0.05, 0) is 48.5 Å². The summed E-state index contributed by atoms with van der Waals surface area (Å²) in [6.45, 7) is 0. The molecule has 4 nitrogen and oxygen atoms in total. The van der Waals surface area contributed by atoms with Crippen LogP contribution in [-0.4, -0.2) is 23.1 Å². The topological polar surface area (TPSA) is 68.3 Å². The molecule has 36 heavy (non-hydrogen) atoms. The molecule has 4 aromatic carbocycles. The highest BCUT2D eigenvalue weighted by atomic mass is 35.5. The van der Waals surface area contributed by atoms with Gasteiger partial charge >= 0.3 is 0 Å². The summed E-state index contributed by atoms with van der Waals surface area (Å²) >= 11 is 23.5. The van der Waals surface area contributed by atoms with Gasteiger partial charge in [0.1, 0.15) is 0 Å². The molecule has 4 rings (SSSR count). The van der Waals surface area contributed by atoms with Crippen LogP contribution in [0.5, 0.6) is 0 Å². The number of benzene rings is 4. The first-order valence-electron chi connectivity index (χ1n) is 10.4. The maximum absolute atomic E-state index is 12.0. The van der Waals surface area contributed by atoms with Gasteiger partial charge in [-0.2, -0.15) is 0 Å². The Labute approximate surface area is 227 Å². The molecule has 0 bridgehead atoms. The number of hydrogen-bond acceptors (Lipinski definition) is 4. The number of rotatable bonds is 6. The molecule has 0 N–H and O–H groups in total. The Morgan fingerprint density at radius 1 is 0.333 bits per heavy atom. The standard InChI is InChI=1S/2C14H8Cl2O2/c2*15-11-7-3-1-5-9(11)13(17)14(18)10-6-2-4-8-12(10)16/h2*1-8H. The lowest BCUT2D eigenvalue weighted by atomic mass is 10.0. The molecule has 0 unspecified atom stereocenters. The van der Waals surface area contributed by atoms with Gasteiger partial charge in [-0.15, -0.1) is 0 Å². The van der Waals surface area contributed by atoms with Crippen LogP contribution >= 0.6 is 46.4 Å². The lowest BCUT2D eigenvalue weighted by Gasteiger charge is -2.04. The molecule has 0 atom stereocenters. The van der Waals surface area contributed by atoms with Gasteiger partial charge in [-0.1, -0.05) is 94.9 Å². The second-order valence-corrected chi connectivity index (χ2v) is 8.86. The first-order chi connectivity index (χ1) is 17.2. The summed E-state index contributed by atoms with van der Waals surface area (Å²) in [5.74, 6) is -2.63. The summed E-state index contributed by atoms with van der Waals surface area (Å²) in [6, 6.07) is 25.7. The van der Waals surface area contributed by atoms with Crippen molar-refractivity contribution >= 4 is 69.5 Å². The molecule has 0 fully saturated rings. The zero-order valence-corrected chi connectivity index (χ0v) is 21.4. The smallest absolute Gasteiger partial charge is 0.235 e. The van der Waals surface area contributed by atoms with E-state index in [1.807, 2.05) is 0 Å². The van der Waals surface area contributed by atoms with Crippen LogP contribution in [0.1, 0.15) is 41.4 Å². The van der Waals surface area contributed by atoms with Crippen molar-refractivity contribution in [2.24, 2.45) is 0 Å². The quantitative estimate of drug-likeness (QED) is 0.177. The van der Waals surface area contributed by atoms with Crippen LogP contribution in [0.15, 0.2) is 97.1 Å². The molecule has 0 saturated carbocycles. The molecule has 8 heteroatoms. The minimum Gasteiger partial charge on any atom is -0.285 e. The summed E-state index contributed by atoms with van der Waals surface area (Å²) in [5.41, 5.74) is 0.737. The third-order valence-corrected chi connectivity index (χ3v) is 6.20. The molecule has 0 heterocycles. The summed E-state index contributed by atoms with van der Waals surface area (Å²) in [4.78, 5) is 48.1. The third-order valence-electron chi connectivity index (χ3n) is 4.89. The van der Waals surface area contributed by atoms with Gasteiger partial charge in [0.2, 0.25) is 23.1 Å². The molecule has 180 valence electrons. The first kappa shape index (κ1) is 27.3. The van der Waals surface area contributed by atoms with Gasteiger partial charge in [0, 0.05) is 22.3 Å². The number of ketones is 4. The van der Waals surface area contributed by atoms with Gasteiger partial charge in [-0.25, -0.2) is 0 Å². The average molecular weight is 558 g/mol. The van der Waals surface area contributed by atoms with Crippen LogP contribution in [0.3, 0.4) is 0 Å². The number of Topliss-reactive ketones (excluding diaryl/α,β-unsaturated/α-hetero) is 4. The SMILES string of the molecule is O=C(C(=O)c1ccccc1Cl)c1ccccc1Cl.O=C(C(=O)c1ccccc1Cl)c1ccccc1Cl. The van der Waals surface area contributed by atoms with Crippen LogP contribution in [0.2, 0.25) is 20.1 Å². The van der Waals surface area contributed by atoms with Crippen molar-refractivity contribution in [1.82, 2.24) is 0 Å². The Hall–Kier alpha value is -3.28. The highest BCUT2D eigenvalue weighted by Gasteiger charge is 2.23. The Morgan fingerprint density at radius 3 is 0.667 bits per heavy atom. The van der Waals surface area contributed by atoms with Gasteiger partial charge in [0.05, 0.1) is 20.1 Å². The van der Waals surface area contributed by atoms with E-state index in [2.05, 4.69) is 0 Å². The van der Waals surface area contributed by atoms with Crippen molar-refractivity contribution in [3.05, 3.63) is 139 Å².